The molecule has 4 heteroatoms. The minimum atomic E-state index is -0.106. The predicted molar refractivity (Wildman–Crippen MR) is 144 cm³/mol. The molecule has 1 fully saturated rings. The van der Waals surface area contributed by atoms with E-state index in [0.29, 0.717) is 17.6 Å². The molecule has 3 aliphatic rings. The number of methoxy groups -OCH3 is 2. The van der Waals surface area contributed by atoms with Crippen LogP contribution in [0.3, 0.4) is 0 Å². The number of piperidine rings is 1. The van der Waals surface area contributed by atoms with Crippen molar-refractivity contribution in [2.24, 2.45) is 5.92 Å². The number of phenols is 1. The van der Waals surface area contributed by atoms with Crippen molar-refractivity contribution in [1.82, 2.24) is 0 Å². The molecule has 2 atom stereocenters. The minimum Gasteiger partial charge on any atom is -0.508 e. The SMILES string of the molecule is COC(OC)C1CCN(c2ccc([C@@H]3c4ccc(O)cc4CC[C@]34CCc3ccccc34)cc2)CC1. The second-order valence-corrected chi connectivity index (χ2v) is 10.9. The van der Waals surface area contributed by atoms with Gasteiger partial charge >= 0.3 is 0 Å². The van der Waals surface area contributed by atoms with Crippen molar-refractivity contribution in [2.75, 3.05) is 32.2 Å². The summed E-state index contributed by atoms with van der Waals surface area (Å²) in [5.41, 5.74) is 8.53. The second-order valence-electron chi connectivity index (χ2n) is 10.9. The summed E-state index contributed by atoms with van der Waals surface area (Å²) < 4.78 is 11.0. The lowest BCUT2D eigenvalue weighted by molar-refractivity contribution is -0.141. The fourth-order valence-corrected chi connectivity index (χ4v) is 7.45. The molecule has 0 amide bonds. The van der Waals surface area contributed by atoms with Crippen LogP contribution < -0.4 is 4.90 Å². The van der Waals surface area contributed by atoms with Gasteiger partial charge in [0.25, 0.3) is 0 Å². The van der Waals surface area contributed by atoms with Crippen LogP contribution in [0.25, 0.3) is 0 Å². The third-order valence-corrected chi connectivity index (χ3v) is 9.21. The number of benzene rings is 3. The summed E-state index contributed by atoms with van der Waals surface area (Å²) >= 11 is 0. The van der Waals surface area contributed by atoms with E-state index >= 15 is 0 Å². The number of aryl methyl sites for hydroxylation is 2. The van der Waals surface area contributed by atoms with Gasteiger partial charge in [-0.2, -0.15) is 0 Å². The summed E-state index contributed by atoms with van der Waals surface area (Å²) in [5, 5.41) is 10.2. The van der Waals surface area contributed by atoms with Crippen LogP contribution in [0.1, 0.15) is 59.4 Å². The fraction of sp³-hybridized carbons (Fsp3) is 0.438. The highest BCUT2D eigenvalue weighted by molar-refractivity contribution is 5.56. The summed E-state index contributed by atoms with van der Waals surface area (Å²) in [6.07, 6.45) is 6.53. The molecule has 36 heavy (non-hydrogen) atoms. The number of anilines is 1. The molecule has 1 heterocycles. The van der Waals surface area contributed by atoms with E-state index in [4.69, 9.17) is 9.47 Å². The molecule has 0 unspecified atom stereocenters. The van der Waals surface area contributed by atoms with Gasteiger partial charge in [-0.15, -0.1) is 0 Å². The number of aromatic hydroxyl groups is 1. The van der Waals surface area contributed by atoms with E-state index in [-0.39, 0.29) is 11.7 Å². The molecule has 0 saturated carbocycles. The standard InChI is InChI=1S/C32H37NO3/c1-35-31(36-2)24-15-19-33(20-16-24)26-9-7-23(8-10-26)30-28-12-11-27(34)21-25(28)14-18-32(30)17-13-22-5-3-4-6-29(22)32/h3-12,21,24,30-31,34H,13-20H2,1-2H3/t30-,32+/m1/s1. The van der Waals surface area contributed by atoms with E-state index in [9.17, 15) is 5.11 Å². The Morgan fingerprint density at radius 2 is 1.56 bits per heavy atom. The van der Waals surface area contributed by atoms with Gasteiger partial charge in [0.1, 0.15) is 5.75 Å². The van der Waals surface area contributed by atoms with Crippen LogP contribution in [0.5, 0.6) is 5.75 Å². The Bertz CT molecular complexity index is 1210. The van der Waals surface area contributed by atoms with E-state index in [0.717, 1.165) is 45.2 Å². The van der Waals surface area contributed by atoms with Crippen LogP contribution >= 0.6 is 0 Å². The van der Waals surface area contributed by atoms with Gasteiger partial charge < -0.3 is 19.5 Å². The topological polar surface area (TPSA) is 41.9 Å². The highest BCUT2D eigenvalue weighted by atomic mass is 16.7. The maximum absolute atomic E-state index is 10.2. The van der Waals surface area contributed by atoms with Crippen LogP contribution in [0.2, 0.25) is 0 Å². The number of ether oxygens (including phenoxy) is 2. The van der Waals surface area contributed by atoms with Gasteiger partial charge in [0.2, 0.25) is 0 Å². The van der Waals surface area contributed by atoms with Gasteiger partial charge in [0.15, 0.2) is 6.29 Å². The molecule has 1 saturated heterocycles. The first kappa shape index (κ1) is 23.6. The summed E-state index contributed by atoms with van der Waals surface area (Å²) in [6.45, 7) is 2.05. The second kappa shape index (κ2) is 9.57. The zero-order valence-electron chi connectivity index (χ0n) is 21.5. The Hall–Kier alpha value is -2.82. The molecular formula is C32H37NO3. The number of phenolic OH excluding ortho intramolecular Hbond substituents is 1. The molecule has 6 rings (SSSR count). The number of fused-ring (bicyclic) bond motifs is 3. The summed E-state index contributed by atoms with van der Waals surface area (Å²) in [5.74, 6) is 1.13. The Morgan fingerprint density at radius 3 is 2.28 bits per heavy atom. The van der Waals surface area contributed by atoms with Crippen molar-refractivity contribution in [1.29, 1.82) is 0 Å². The third kappa shape index (κ3) is 3.91. The van der Waals surface area contributed by atoms with Gasteiger partial charge in [-0.25, -0.2) is 0 Å². The quantitative estimate of drug-likeness (QED) is 0.440. The van der Waals surface area contributed by atoms with Gasteiger partial charge in [-0.1, -0.05) is 42.5 Å². The molecule has 0 aromatic heterocycles. The van der Waals surface area contributed by atoms with E-state index in [1.54, 1.807) is 14.2 Å². The van der Waals surface area contributed by atoms with E-state index in [1.165, 1.54) is 39.9 Å². The van der Waals surface area contributed by atoms with E-state index < -0.39 is 0 Å². The molecule has 4 nitrogen and oxygen atoms in total. The number of hydrogen-bond donors (Lipinski definition) is 1. The Balaban J connectivity index is 1.32. The monoisotopic (exact) mass is 483 g/mol. The maximum Gasteiger partial charge on any atom is 0.159 e. The zero-order chi connectivity index (χ0) is 24.7. The predicted octanol–water partition coefficient (Wildman–Crippen LogP) is 6.19. The largest absolute Gasteiger partial charge is 0.508 e. The highest BCUT2D eigenvalue weighted by Crippen LogP contribution is 2.57. The lowest BCUT2D eigenvalue weighted by atomic mass is 9.59. The molecule has 1 N–H and O–H groups in total. The smallest absolute Gasteiger partial charge is 0.159 e. The first-order chi connectivity index (χ1) is 17.6. The average molecular weight is 484 g/mol. The number of hydrogen-bond acceptors (Lipinski definition) is 4. The molecule has 0 radical (unpaired) electrons. The molecule has 1 spiro atoms. The van der Waals surface area contributed by atoms with Gasteiger partial charge in [0.05, 0.1) is 0 Å². The van der Waals surface area contributed by atoms with Crippen LogP contribution in [0.4, 0.5) is 5.69 Å². The van der Waals surface area contributed by atoms with Crippen LogP contribution in [0, 0.1) is 5.92 Å². The van der Waals surface area contributed by atoms with Gasteiger partial charge in [-0.05, 0) is 90.6 Å². The Kier molecular flexibility index (Phi) is 6.27. The maximum atomic E-state index is 10.2. The molecule has 1 aliphatic heterocycles. The van der Waals surface area contributed by atoms with Crippen LogP contribution in [-0.4, -0.2) is 38.7 Å². The Labute approximate surface area is 214 Å². The summed E-state index contributed by atoms with van der Waals surface area (Å²) in [6, 6.07) is 24.5. The normalized spacial score (nSPS) is 23.8. The van der Waals surface area contributed by atoms with Crippen LogP contribution in [-0.2, 0) is 27.7 Å². The van der Waals surface area contributed by atoms with Crippen molar-refractivity contribution in [3.05, 3.63) is 94.5 Å². The highest BCUT2D eigenvalue weighted by Gasteiger charge is 2.48. The lowest BCUT2D eigenvalue weighted by Gasteiger charge is -2.44. The Morgan fingerprint density at radius 1 is 0.861 bits per heavy atom. The zero-order valence-corrected chi connectivity index (χ0v) is 21.5. The third-order valence-electron chi connectivity index (χ3n) is 9.21. The lowest BCUT2D eigenvalue weighted by Crippen LogP contribution is -2.39. The van der Waals surface area contributed by atoms with Crippen LogP contribution in [0.15, 0.2) is 66.7 Å². The summed E-state index contributed by atoms with van der Waals surface area (Å²) in [7, 11) is 3.47. The molecule has 3 aromatic rings. The van der Waals surface area contributed by atoms with E-state index in [2.05, 4.69) is 59.5 Å². The van der Waals surface area contributed by atoms with Crippen molar-refractivity contribution in [2.45, 2.75) is 56.1 Å². The molecular weight excluding hydrogens is 446 g/mol. The molecule has 2 aliphatic carbocycles. The van der Waals surface area contributed by atoms with Crippen molar-refractivity contribution in [3.8, 4) is 5.75 Å². The first-order valence-electron chi connectivity index (χ1n) is 13.4. The average Bonchev–Trinajstić information content (AvgIpc) is 3.29. The first-order valence-corrected chi connectivity index (χ1v) is 13.4. The number of rotatable bonds is 5. The molecule has 188 valence electrons. The fourth-order valence-electron chi connectivity index (χ4n) is 7.45. The van der Waals surface area contributed by atoms with Crippen molar-refractivity contribution in [3.63, 3.8) is 0 Å². The van der Waals surface area contributed by atoms with Crippen molar-refractivity contribution >= 4 is 5.69 Å². The summed E-state index contributed by atoms with van der Waals surface area (Å²) in [4.78, 5) is 2.50. The molecule has 0 bridgehead atoms. The van der Waals surface area contributed by atoms with Gasteiger partial charge in [0, 0.05) is 50.2 Å². The van der Waals surface area contributed by atoms with E-state index in [1.807, 2.05) is 12.1 Å². The van der Waals surface area contributed by atoms with Crippen molar-refractivity contribution < 1.29 is 14.6 Å². The van der Waals surface area contributed by atoms with Gasteiger partial charge in [-0.3, -0.25) is 0 Å². The molecule has 3 aromatic carbocycles. The number of nitrogens with zero attached hydrogens (tertiary/aromatic N) is 1. The minimum absolute atomic E-state index is 0.106.